The van der Waals surface area contributed by atoms with Gasteiger partial charge >= 0.3 is 13.1 Å². The Hall–Kier alpha value is -1.02. The summed E-state index contributed by atoms with van der Waals surface area (Å²) in [5.74, 6) is -0.813. The predicted molar refractivity (Wildman–Crippen MR) is 66.0 cm³/mol. The molecule has 1 saturated heterocycles. The van der Waals surface area contributed by atoms with Gasteiger partial charge in [-0.3, -0.25) is 10.1 Å². The maximum atomic E-state index is 10.8. The first-order chi connectivity index (χ1) is 8.08. The first-order valence-electron chi connectivity index (χ1n) is 5.15. The van der Waals surface area contributed by atoms with Gasteiger partial charge in [-0.15, -0.1) is 11.8 Å². The van der Waals surface area contributed by atoms with E-state index in [0.717, 1.165) is 5.56 Å². The van der Waals surface area contributed by atoms with E-state index in [-0.39, 0.29) is 5.37 Å². The van der Waals surface area contributed by atoms with Crippen molar-refractivity contribution < 1.29 is 19.9 Å². The monoisotopic (exact) mass is 253 g/mol. The third-order valence-corrected chi connectivity index (χ3v) is 4.01. The summed E-state index contributed by atoms with van der Waals surface area (Å²) in [6, 6.07) is 6.78. The van der Waals surface area contributed by atoms with Crippen molar-refractivity contribution in [2.24, 2.45) is 0 Å². The maximum absolute atomic E-state index is 10.8. The van der Waals surface area contributed by atoms with Crippen LogP contribution in [0.3, 0.4) is 0 Å². The fraction of sp³-hybridized carbons (Fsp3) is 0.300. The smallest absolute Gasteiger partial charge is 0.480 e. The van der Waals surface area contributed by atoms with Crippen molar-refractivity contribution in [3.8, 4) is 0 Å². The Balaban J connectivity index is 2.06. The van der Waals surface area contributed by atoms with Crippen molar-refractivity contribution in [2.75, 3.05) is 6.54 Å². The molecule has 1 heterocycles. The second-order valence-corrected chi connectivity index (χ2v) is 5.10. The molecule has 5 nitrogen and oxygen atoms in total. The van der Waals surface area contributed by atoms with Crippen LogP contribution in [-0.2, 0) is 4.79 Å². The minimum Gasteiger partial charge on any atom is -0.480 e. The third-order valence-electron chi connectivity index (χ3n) is 2.60. The van der Waals surface area contributed by atoms with E-state index in [0.29, 0.717) is 12.0 Å². The molecular weight excluding hydrogens is 241 g/mol. The minimum absolute atomic E-state index is 0.0546. The summed E-state index contributed by atoms with van der Waals surface area (Å²) in [5.41, 5.74) is 1.36. The van der Waals surface area contributed by atoms with Gasteiger partial charge in [-0.25, -0.2) is 0 Å². The van der Waals surface area contributed by atoms with Gasteiger partial charge in [0.15, 0.2) is 0 Å². The molecule has 90 valence electrons. The van der Waals surface area contributed by atoms with Crippen LogP contribution in [0.15, 0.2) is 24.3 Å². The van der Waals surface area contributed by atoms with E-state index < -0.39 is 18.3 Å². The van der Waals surface area contributed by atoms with Gasteiger partial charge in [0.05, 0.1) is 5.37 Å². The van der Waals surface area contributed by atoms with Crippen molar-refractivity contribution in [2.45, 2.75) is 10.6 Å². The van der Waals surface area contributed by atoms with Gasteiger partial charge in [-0.1, -0.05) is 24.3 Å². The molecule has 4 N–H and O–H groups in total. The normalized spacial score (nSPS) is 23.6. The van der Waals surface area contributed by atoms with Crippen molar-refractivity contribution in [1.29, 1.82) is 0 Å². The predicted octanol–water partition coefficient (Wildman–Crippen LogP) is -0.845. The molecule has 2 atom stereocenters. The average molecular weight is 253 g/mol. The van der Waals surface area contributed by atoms with Gasteiger partial charge in [0.2, 0.25) is 0 Å². The van der Waals surface area contributed by atoms with Crippen LogP contribution in [0.2, 0.25) is 0 Å². The molecule has 1 aliphatic heterocycles. The van der Waals surface area contributed by atoms with Crippen molar-refractivity contribution in [1.82, 2.24) is 5.32 Å². The molecule has 1 aromatic carbocycles. The van der Waals surface area contributed by atoms with E-state index in [1.807, 2.05) is 0 Å². The Bertz CT molecular complexity index is 411. The quantitative estimate of drug-likeness (QED) is 0.525. The van der Waals surface area contributed by atoms with Crippen LogP contribution in [0.5, 0.6) is 0 Å². The van der Waals surface area contributed by atoms with Crippen molar-refractivity contribution in [3.63, 3.8) is 0 Å². The number of benzene rings is 1. The number of carboxylic acids is 1. The molecule has 1 aliphatic rings. The molecule has 0 amide bonds. The Morgan fingerprint density at radius 1 is 1.35 bits per heavy atom. The molecule has 1 aromatic rings. The number of aliphatic carboxylic acids is 1. The fourth-order valence-electron chi connectivity index (χ4n) is 1.66. The van der Waals surface area contributed by atoms with Crippen LogP contribution >= 0.6 is 11.8 Å². The summed E-state index contributed by atoms with van der Waals surface area (Å²) in [6.45, 7) is 0.440. The number of hydrogen-bond acceptors (Lipinski definition) is 5. The zero-order valence-corrected chi connectivity index (χ0v) is 9.72. The summed E-state index contributed by atoms with van der Waals surface area (Å²) < 4.78 is 0. The summed E-state index contributed by atoms with van der Waals surface area (Å²) in [4.78, 5) is 10.8. The summed E-state index contributed by atoms with van der Waals surface area (Å²) in [6.07, 6.45) is 0. The molecule has 0 aromatic heterocycles. The molecule has 17 heavy (non-hydrogen) atoms. The van der Waals surface area contributed by atoms with Gasteiger partial charge in [0.25, 0.3) is 0 Å². The van der Waals surface area contributed by atoms with Crippen LogP contribution in [0, 0.1) is 0 Å². The highest BCUT2D eigenvalue weighted by atomic mass is 32.2. The van der Waals surface area contributed by atoms with Gasteiger partial charge in [0.1, 0.15) is 5.25 Å². The largest absolute Gasteiger partial charge is 0.488 e. The highest BCUT2D eigenvalue weighted by molar-refractivity contribution is 8.01. The molecule has 1 fully saturated rings. The second kappa shape index (κ2) is 5.09. The molecule has 0 spiro atoms. The zero-order valence-electron chi connectivity index (χ0n) is 8.91. The lowest BCUT2D eigenvalue weighted by atomic mass is 9.80. The number of rotatable bonds is 3. The Kier molecular flexibility index (Phi) is 3.73. The summed E-state index contributed by atoms with van der Waals surface area (Å²) >= 11 is 1.35. The standard InChI is InChI=1S/C10H12BNO4S/c13-10(14)8-5-12-9(17-8)6-1-3-7(4-2-6)11(15)16/h1-4,8-9,12,15-16H,5H2,(H,13,14)/t8-,9+/m0/s1. The van der Waals surface area contributed by atoms with Crippen molar-refractivity contribution >= 4 is 30.3 Å². The summed E-state index contributed by atoms with van der Waals surface area (Å²) in [7, 11) is -1.47. The van der Waals surface area contributed by atoms with Gasteiger partial charge in [-0.2, -0.15) is 0 Å². The minimum atomic E-state index is -1.47. The number of hydrogen-bond donors (Lipinski definition) is 4. The lowest BCUT2D eigenvalue weighted by Crippen LogP contribution is -2.29. The van der Waals surface area contributed by atoms with E-state index in [4.69, 9.17) is 15.2 Å². The first kappa shape index (κ1) is 12.4. The van der Waals surface area contributed by atoms with Gasteiger partial charge in [0, 0.05) is 6.54 Å². The Morgan fingerprint density at radius 3 is 2.47 bits per heavy atom. The third kappa shape index (κ3) is 2.81. The highest BCUT2D eigenvalue weighted by Gasteiger charge is 2.30. The van der Waals surface area contributed by atoms with E-state index in [1.54, 1.807) is 24.3 Å². The van der Waals surface area contributed by atoms with Gasteiger partial charge in [-0.05, 0) is 11.0 Å². The SMILES string of the molecule is O=C(O)[C@@H]1CN[C@@H](c2ccc(B(O)O)cc2)S1. The topological polar surface area (TPSA) is 89.8 Å². The maximum Gasteiger partial charge on any atom is 0.488 e. The van der Waals surface area contributed by atoms with Crippen LogP contribution in [0.1, 0.15) is 10.9 Å². The van der Waals surface area contributed by atoms with E-state index in [1.165, 1.54) is 11.8 Å². The van der Waals surface area contributed by atoms with Crippen molar-refractivity contribution in [3.05, 3.63) is 29.8 Å². The lowest BCUT2D eigenvalue weighted by Gasteiger charge is -2.10. The fourth-order valence-corrected chi connectivity index (χ4v) is 2.80. The number of carbonyl (C=O) groups is 1. The zero-order chi connectivity index (χ0) is 12.4. The summed E-state index contributed by atoms with van der Waals surface area (Å²) in [5, 5.41) is 29.4. The Labute approximate surface area is 103 Å². The average Bonchev–Trinajstić information content (AvgIpc) is 2.78. The molecule has 0 bridgehead atoms. The van der Waals surface area contributed by atoms with E-state index in [9.17, 15) is 4.79 Å². The molecule has 0 aliphatic carbocycles. The molecule has 0 radical (unpaired) electrons. The van der Waals surface area contributed by atoms with E-state index >= 15 is 0 Å². The molecule has 0 saturated carbocycles. The number of carboxylic acid groups (broad SMARTS) is 1. The van der Waals surface area contributed by atoms with Crippen LogP contribution < -0.4 is 10.8 Å². The van der Waals surface area contributed by atoms with Crippen LogP contribution in [-0.4, -0.2) is 40.0 Å². The first-order valence-corrected chi connectivity index (χ1v) is 6.10. The molecule has 7 heteroatoms. The number of thioether (sulfide) groups is 1. The second-order valence-electron chi connectivity index (χ2n) is 3.79. The molecule has 0 unspecified atom stereocenters. The van der Waals surface area contributed by atoms with Crippen LogP contribution in [0.25, 0.3) is 0 Å². The molecular formula is C10H12BNO4S. The number of nitrogens with one attached hydrogen (secondary N) is 1. The highest BCUT2D eigenvalue weighted by Crippen LogP contribution is 2.34. The van der Waals surface area contributed by atoms with Crippen LogP contribution in [0.4, 0.5) is 0 Å². The Morgan fingerprint density at radius 2 is 2.00 bits per heavy atom. The molecule has 2 rings (SSSR count). The lowest BCUT2D eigenvalue weighted by molar-refractivity contribution is -0.136. The van der Waals surface area contributed by atoms with Gasteiger partial charge < -0.3 is 15.2 Å². The van der Waals surface area contributed by atoms with E-state index in [2.05, 4.69) is 5.32 Å².